The quantitative estimate of drug-likeness (QED) is 0.0233. The lowest BCUT2D eigenvalue weighted by molar-refractivity contribution is -0.161. The Balaban J connectivity index is 5.07. The topological polar surface area (TPSA) is 172 Å². The van der Waals surface area contributed by atoms with Crippen LogP contribution in [0.5, 0.6) is 0 Å². The molecule has 0 fully saturated rings. The predicted molar refractivity (Wildman–Crippen MR) is 222 cm³/mol. The third-order valence-corrected chi connectivity index (χ3v) is 9.53. The minimum absolute atomic E-state index is 0.264. The van der Waals surface area contributed by atoms with Gasteiger partial charge in [0.25, 0.3) is 0 Å². The predicted octanol–water partition coefficient (Wildman–Crippen LogP) is 11.2. The number of phosphoric ester groups is 1. The highest BCUT2D eigenvalue weighted by Gasteiger charge is 2.28. The van der Waals surface area contributed by atoms with E-state index in [1.165, 1.54) is 51.4 Å². The number of aliphatic carboxylic acids is 1. The van der Waals surface area contributed by atoms with E-state index in [1.54, 1.807) is 0 Å². The van der Waals surface area contributed by atoms with Crippen LogP contribution in [0.4, 0.5) is 0 Å². The lowest BCUT2D eigenvalue weighted by Gasteiger charge is -2.20. The number of unbranched alkanes of at least 4 members (excludes halogenated alkanes) is 20. The summed E-state index contributed by atoms with van der Waals surface area (Å²) in [6.07, 6.45) is 33.2. The van der Waals surface area contributed by atoms with E-state index in [0.29, 0.717) is 19.3 Å². The highest BCUT2D eigenvalue weighted by molar-refractivity contribution is 7.47. The van der Waals surface area contributed by atoms with E-state index in [4.69, 9.17) is 27.2 Å². The molecular formula is C43H78NO10P. The monoisotopic (exact) mass is 805 g/mol. The first-order valence-corrected chi connectivity index (χ1v) is 22.5. The first-order chi connectivity index (χ1) is 28.4. The molecule has 3 atom stereocenters. The molecule has 0 heterocycles. The third kappa shape index (κ3) is 38.4. The summed E-state index contributed by atoms with van der Waals surface area (Å²) < 4.78 is 73.5. The fourth-order valence-electron chi connectivity index (χ4n) is 5.46. The number of allylic oxidation sites excluding steroid dienone is 6. The largest absolute Gasteiger partial charge is 0.480 e. The maximum absolute atomic E-state index is 12.9. The smallest absolute Gasteiger partial charge is 0.472 e. The molecule has 1 unspecified atom stereocenters. The van der Waals surface area contributed by atoms with Crippen molar-refractivity contribution in [2.75, 3.05) is 19.7 Å². The number of nitrogens with two attached hydrogens (primary N) is 1. The number of ether oxygens (including phenoxy) is 2. The summed E-state index contributed by atoms with van der Waals surface area (Å²) in [7, 11) is -5.60. The van der Waals surface area contributed by atoms with Gasteiger partial charge in [-0.1, -0.05) is 166 Å². The molecule has 0 saturated carbocycles. The number of hydrogen-bond acceptors (Lipinski definition) is 9. The Morgan fingerprint density at radius 3 is 1.62 bits per heavy atom. The minimum atomic E-state index is -5.60. The Labute approximate surface area is 340 Å². The fourth-order valence-corrected chi connectivity index (χ4v) is 6.06. The van der Waals surface area contributed by atoms with Crippen LogP contribution in [0.2, 0.25) is 0 Å². The van der Waals surface area contributed by atoms with Gasteiger partial charge in [0, 0.05) is 12.8 Å². The zero-order chi connectivity index (χ0) is 45.2. The van der Waals surface area contributed by atoms with Crippen LogP contribution in [0.15, 0.2) is 36.5 Å². The first kappa shape index (κ1) is 43.8. The van der Waals surface area contributed by atoms with Crippen LogP contribution in [0.25, 0.3) is 0 Å². The second-order valence-corrected chi connectivity index (χ2v) is 15.3. The molecule has 0 aliphatic carbocycles. The lowest BCUT2D eigenvalue weighted by atomic mass is 10.0. The molecule has 0 aromatic rings. The second kappa shape index (κ2) is 38.6. The van der Waals surface area contributed by atoms with Gasteiger partial charge in [0.05, 0.1) is 20.0 Å². The van der Waals surface area contributed by atoms with Crippen LogP contribution in [0.3, 0.4) is 0 Å². The molecule has 55 heavy (non-hydrogen) atoms. The molecule has 0 radical (unpaired) electrons. The molecule has 0 amide bonds. The van der Waals surface area contributed by atoms with Gasteiger partial charge in [-0.15, -0.1) is 0 Å². The molecule has 0 spiro atoms. The molecule has 0 aliphatic heterocycles. The summed E-state index contributed by atoms with van der Waals surface area (Å²) in [5.74, 6) is -3.98. The lowest BCUT2D eigenvalue weighted by Crippen LogP contribution is -2.34. The Bertz CT molecular complexity index is 1300. The van der Waals surface area contributed by atoms with Crippen molar-refractivity contribution in [3.63, 3.8) is 0 Å². The van der Waals surface area contributed by atoms with Crippen LogP contribution in [-0.2, 0) is 37.5 Å². The van der Waals surface area contributed by atoms with E-state index in [0.717, 1.165) is 83.5 Å². The van der Waals surface area contributed by atoms with E-state index in [-0.39, 0.29) is 19.3 Å². The number of carbonyl (C=O) groups is 3. The second-order valence-electron chi connectivity index (χ2n) is 13.9. The third-order valence-electron chi connectivity index (χ3n) is 8.73. The maximum atomic E-state index is 12.9. The van der Waals surface area contributed by atoms with Gasteiger partial charge in [-0.05, 0) is 44.9 Å². The van der Waals surface area contributed by atoms with E-state index in [1.807, 2.05) is 0 Å². The van der Waals surface area contributed by atoms with Crippen LogP contribution < -0.4 is 5.73 Å². The molecule has 4 N–H and O–H groups in total. The number of phosphoric acid groups is 1. The first-order valence-electron chi connectivity index (χ1n) is 23.5. The highest BCUT2D eigenvalue weighted by Crippen LogP contribution is 2.43. The molecule has 0 saturated heterocycles. The number of esters is 2. The average molecular weight is 805 g/mol. The Morgan fingerprint density at radius 1 is 0.655 bits per heavy atom. The number of rotatable bonds is 40. The van der Waals surface area contributed by atoms with Crippen molar-refractivity contribution in [2.24, 2.45) is 5.73 Å². The summed E-state index contributed by atoms with van der Waals surface area (Å²) in [4.78, 5) is 46.9. The number of carbonyl (C=O) groups excluding carboxylic acids is 2. The van der Waals surface area contributed by atoms with Crippen LogP contribution in [-0.4, -0.2) is 59.8 Å². The standard InChI is InChI=1S/C43H78NO10P/c1-3-5-7-9-11-13-15-17-19-20-21-23-25-27-29-31-33-35-42(46)54-39(37-52-55(49,50)53-38-40(44)43(47)48)36-51-41(45)34-32-30-28-26-24-22-18-16-14-12-10-8-6-4-2/h5,7,11,13,17,19,39-40H,3-4,6,8-10,12,14-16,18,20-38,44H2,1-2H3,(H,47,48)(H,49,50)/b7-5-,13-11-,19-17-/t39-,40+/m1/s1/i36D2,37D2,39D. The fraction of sp³-hybridized carbons (Fsp3) is 0.791. The van der Waals surface area contributed by atoms with Crippen molar-refractivity contribution in [3.8, 4) is 0 Å². The van der Waals surface area contributed by atoms with E-state index < -0.39 is 57.6 Å². The summed E-state index contributed by atoms with van der Waals surface area (Å²) in [6.45, 7) is -4.50. The molecule has 320 valence electrons. The molecule has 0 aromatic carbocycles. The van der Waals surface area contributed by atoms with Crippen molar-refractivity contribution in [2.45, 2.75) is 199 Å². The zero-order valence-corrected chi connectivity index (χ0v) is 34.9. The van der Waals surface area contributed by atoms with Gasteiger partial charge in [-0.25, -0.2) is 4.57 Å². The summed E-state index contributed by atoms with van der Waals surface area (Å²) >= 11 is 0. The van der Waals surface area contributed by atoms with Crippen molar-refractivity contribution in [1.82, 2.24) is 0 Å². The summed E-state index contributed by atoms with van der Waals surface area (Å²) in [6, 6.07) is -1.81. The Morgan fingerprint density at radius 2 is 1.11 bits per heavy atom. The highest BCUT2D eigenvalue weighted by atomic mass is 31.2. The van der Waals surface area contributed by atoms with Gasteiger partial charge in [-0.2, -0.15) is 0 Å². The molecule has 12 heteroatoms. The van der Waals surface area contributed by atoms with Gasteiger partial charge in [-0.3, -0.25) is 23.4 Å². The van der Waals surface area contributed by atoms with Gasteiger partial charge in [0.2, 0.25) is 0 Å². The molecule has 0 rings (SSSR count). The summed E-state index contributed by atoms with van der Waals surface area (Å²) in [5.41, 5.74) is 5.28. The van der Waals surface area contributed by atoms with Crippen LogP contribution in [0.1, 0.15) is 194 Å². The summed E-state index contributed by atoms with van der Waals surface area (Å²) in [5, 5.41) is 8.94. The Hall–Kier alpha value is -2.30. The van der Waals surface area contributed by atoms with E-state index in [9.17, 15) is 23.8 Å². The zero-order valence-electron chi connectivity index (χ0n) is 39.0. The van der Waals surface area contributed by atoms with Gasteiger partial charge >= 0.3 is 25.7 Å². The minimum Gasteiger partial charge on any atom is -0.480 e. The van der Waals surface area contributed by atoms with Crippen molar-refractivity contribution in [1.29, 1.82) is 0 Å². The van der Waals surface area contributed by atoms with Gasteiger partial charge < -0.3 is 25.2 Å². The van der Waals surface area contributed by atoms with Crippen molar-refractivity contribution >= 4 is 25.7 Å². The van der Waals surface area contributed by atoms with Crippen molar-refractivity contribution in [3.05, 3.63) is 36.5 Å². The number of carboxylic acid groups (broad SMARTS) is 1. The van der Waals surface area contributed by atoms with Crippen molar-refractivity contribution < 1.29 is 54.3 Å². The molecule has 0 aromatic heterocycles. The molecule has 11 nitrogen and oxygen atoms in total. The van der Waals surface area contributed by atoms with Crippen LogP contribution in [0, 0.1) is 0 Å². The van der Waals surface area contributed by atoms with Crippen LogP contribution >= 0.6 is 7.82 Å². The number of carboxylic acids is 1. The molecular weight excluding hydrogens is 721 g/mol. The average Bonchev–Trinajstić information content (AvgIpc) is 3.17. The molecule has 0 aliphatic rings. The van der Waals surface area contributed by atoms with Gasteiger partial charge in [0.1, 0.15) is 12.6 Å². The Kier molecular flexibility index (Phi) is 30.7. The number of hydrogen-bond donors (Lipinski definition) is 3. The normalized spacial score (nSPS) is 16.5. The SMILES string of the molecule is [2H]C([2H])(OC(=O)CCCCCCCCCCCCCCCC)[C@@]([2H])(OC(=O)CCCCCCCCC/C=C\C/C=C\C/C=C\CC)C([2H])([2H])OP(=O)(O)OC[C@H](N)C(=O)O. The van der Waals surface area contributed by atoms with Gasteiger partial charge in [0.15, 0.2) is 6.08 Å². The maximum Gasteiger partial charge on any atom is 0.472 e. The van der Waals surface area contributed by atoms with E-state index in [2.05, 4.69) is 59.4 Å². The molecule has 0 bridgehead atoms. The van der Waals surface area contributed by atoms with E-state index >= 15 is 0 Å².